The highest BCUT2D eigenvalue weighted by Gasteiger charge is 2.29. The van der Waals surface area contributed by atoms with E-state index >= 15 is 0 Å². The van der Waals surface area contributed by atoms with Crippen LogP contribution >= 0.6 is 23.8 Å². The van der Waals surface area contributed by atoms with Crippen molar-refractivity contribution in [1.29, 1.82) is 0 Å². The summed E-state index contributed by atoms with van der Waals surface area (Å²) < 4.78 is 0. The summed E-state index contributed by atoms with van der Waals surface area (Å²) >= 11 is 11.7. The zero-order chi connectivity index (χ0) is 17.9. The van der Waals surface area contributed by atoms with Crippen LogP contribution in [-0.4, -0.2) is 10.9 Å². The van der Waals surface area contributed by atoms with Gasteiger partial charge in [-0.25, -0.2) is 10.0 Å². The Balaban J connectivity index is 1.79. The Bertz CT molecular complexity index is 943. The molecule has 0 saturated heterocycles. The molecule has 26 heavy (non-hydrogen) atoms. The van der Waals surface area contributed by atoms with E-state index in [2.05, 4.69) is 10.5 Å². The van der Waals surface area contributed by atoms with Gasteiger partial charge >= 0.3 is 0 Å². The first-order valence-corrected chi connectivity index (χ1v) is 8.81. The Morgan fingerprint density at radius 1 is 0.692 bits per heavy atom. The van der Waals surface area contributed by atoms with Gasteiger partial charge in [0, 0.05) is 10.6 Å². The van der Waals surface area contributed by atoms with Crippen molar-refractivity contribution in [3.05, 3.63) is 95.5 Å². The molecule has 0 aliphatic carbocycles. The van der Waals surface area contributed by atoms with Crippen molar-refractivity contribution >= 4 is 46.1 Å². The average Bonchev–Trinajstić information content (AvgIpc) is 2.70. The largest absolute Gasteiger partial charge is 0.222 e. The molecule has 1 aliphatic rings. The van der Waals surface area contributed by atoms with Gasteiger partial charge in [-0.15, -0.1) is 10.5 Å². The molecule has 4 rings (SSSR count). The second kappa shape index (κ2) is 7.15. The number of para-hydroxylation sites is 2. The van der Waals surface area contributed by atoms with E-state index in [1.54, 1.807) is 10.0 Å². The number of rotatable bonds is 3. The number of hydrogen-bond acceptors (Lipinski definition) is 2. The maximum Gasteiger partial charge on any atom is 0.222 e. The topological polar surface area (TPSA) is 32.9 Å². The molecule has 1 heterocycles. The molecule has 0 saturated carbocycles. The number of amidine groups is 1. The number of benzene rings is 3. The zero-order valence-electron chi connectivity index (χ0n) is 13.7. The van der Waals surface area contributed by atoms with E-state index in [1.807, 2.05) is 84.9 Å². The van der Waals surface area contributed by atoms with E-state index in [9.17, 15) is 0 Å². The number of nitrogens with zero attached hydrogens (tertiary/aromatic N) is 4. The highest BCUT2D eigenvalue weighted by molar-refractivity contribution is 7.80. The molecule has 0 N–H and O–H groups in total. The van der Waals surface area contributed by atoms with Crippen LogP contribution in [0.2, 0.25) is 5.02 Å². The van der Waals surface area contributed by atoms with Gasteiger partial charge in [-0.05, 0) is 60.7 Å². The fourth-order valence-corrected chi connectivity index (χ4v) is 2.99. The number of anilines is 2. The van der Waals surface area contributed by atoms with Crippen molar-refractivity contribution in [3.8, 4) is 0 Å². The molecule has 0 aromatic heterocycles. The molecular weight excluding hydrogens is 364 g/mol. The first kappa shape index (κ1) is 16.6. The number of hydrazone groups is 1. The molecule has 3 aromatic carbocycles. The standard InChI is InChI=1S/C20H14ClN4S/c21-16-13-11-15(12-14-16)19-22-24(17-7-3-1-4-8-17)20(26)25(23-19)18-9-5-2-6-10-18/h1-14H. The predicted molar refractivity (Wildman–Crippen MR) is 111 cm³/mol. The van der Waals surface area contributed by atoms with Crippen molar-refractivity contribution in [3.63, 3.8) is 0 Å². The summed E-state index contributed by atoms with van der Waals surface area (Å²) in [6, 6.07) is 27.0. The van der Waals surface area contributed by atoms with Crippen LogP contribution in [0.15, 0.2) is 90.0 Å². The molecule has 0 unspecified atom stereocenters. The molecule has 127 valence electrons. The molecular formula is C20H14ClN4S. The third-order valence-corrected chi connectivity index (χ3v) is 4.45. The van der Waals surface area contributed by atoms with Crippen molar-refractivity contribution in [2.75, 3.05) is 10.0 Å². The minimum absolute atomic E-state index is 0.486. The quantitative estimate of drug-likeness (QED) is 0.613. The Morgan fingerprint density at radius 2 is 1.23 bits per heavy atom. The molecule has 0 spiro atoms. The summed E-state index contributed by atoms with van der Waals surface area (Å²) in [6.07, 6.45) is 0. The summed E-state index contributed by atoms with van der Waals surface area (Å²) in [5, 5.41) is 9.26. The van der Waals surface area contributed by atoms with Crippen molar-refractivity contribution in [1.82, 2.24) is 5.43 Å². The van der Waals surface area contributed by atoms with Crippen LogP contribution in [0.1, 0.15) is 5.56 Å². The second-order valence-electron chi connectivity index (χ2n) is 5.61. The summed E-state index contributed by atoms with van der Waals surface area (Å²) in [5.41, 5.74) is 7.28. The third-order valence-electron chi connectivity index (χ3n) is 3.86. The lowest BCUT2D eigenvalue weighted by Crippen LogP contribution is -2.52. The lowest BCUT2D eigenvalue weighted by molar-refractivity contribution is 0.876. The predicted octanol–water partition coefficient (Wildman–Crippen LogP) is 4.83. The van der Waals surface area contributed by atoms with Crippen molar-refractivity contribution in [2.45, 2.75) is 0 Å². The number of halogens is 1. The van der Waals surface area contributed by atoms with Crippen LogP contribution in [0.4, 0.5) is 11.4 Å². The molecule has 0 bridgehead atoms. The average molecular weight is 378 g/mol. The van der Waals surface area contributed by atoms with Gasteiger partial charge in [-0.3, -0.25) is 0 Å². The van der Waals surface area contributed by atoms with E-state index in [0.29, 0.717) is 16.0 Å². The number of thiocarbonyl (C=S) groups is 1. The number of hydrogen-bond donors (Lipinski definition) is 0. The van der Waals surface area contributed by atoms with Crippen molar-refractivity contribution in [2.24, 2.45) is 5.10 Å². The molecule has 1 aliphatic heterocycles. The molecule has 4 nitrogen and oxygen atoms in total. The summed E-state index contributed by atoms with van der Waals surface area (Å²) in [5.74, 6) is 0.558. The Labute approximate surface area is 162 Å². The van der Waals surface area contributed by atoms with Crippen molar-refractivity contribution < 1.29 is 0 Å². The van der Waals surface area contributed by atoms with Crippen LogP contribution in [0.3, 0.4) is 0 Å². The zero-order valence-corrected chi connectivity index (χ0v) is 15.2. The van der Waals surface area contributed by atoms with E-state index < -0.39 is 0 Å². The smallest absolute Gasteiger partial charge is 0.203 e. The molecule has 3 aromatic rings. The Morgan fingerprint density at radius 3 is 1.81 bits per heavy atom. The van der Waals surface area contributed by atoms with Gasteiger partial charge in [0.2, 0.25) is 5.11 Å². The van der Waals surface area contributed by atoms with Crippen LogP contribution in [-0.2, 0) is 0 Å². The van der Waals surface area contributed by atoms with Gasteiger partial charge in [0.15, 0.2) is 5.84 Å². The summed E-state index contributed by atoms with van der Waals surface area (Å²) in [7, 11) is 0. The molecule has 0 atom stereocenters. The molecule has 1 radical (unpaired) electrons. The Kier molecular flexibility index (Phi) is 4.56. The maximum absolute atomic E-state index is 6.01. The first-order valence-electron chi connectivity index (χ1n) is 8.03. The Hall–Kier alpha value is -2.89. The minimum Gasteiger partial charge on any atom is -0.203 e. The van der Waals surface area contributed by atoms with Gasteiger partial charge in [0.1, 0.15) is 0 Å². The SMILES string of the molecule is S=C1N(c2ccccc2)[N]C(c2ccc(Cl)cc2)=NN1c1ccccc1. The van der Waals surface area contributed by atoms with Crippen LogP contribution in [0, 0.1) is 0 Å². The van der Waals surface area contributed by atoms with E-state index in [4.69, 9.17) is 23.8 Å². The van der Waals surface area contributed by atoms with Gasteiger partial charge in [0.05, 0.1) is 11.4 Å². The van der Waals surface area contributed by atoms with E-state index in [-0.39, 0.29) is 0 Å². The van der Waals surface area contributed by atoms with Gasteiger partial charge in [-0.2, -0.15) is 0 Å². The summed E-state index contributed by atoms with van der Waals surface area (Å²) in [4.78, 5) is 0. The normalized spacial score (nSPS) is 14.0. The minimum atomic E-state index is 0.486. The third kappa shape index (κ3) is 3.27. The highest BCUT2D eigenvalue weighted by Crippen LogP contribution is 2.24. The van der Waals surface area contributed by atoms with Crippen LogP contribution in [0.25, 0.3) is 0 Å². The molecule has 6 heteroatoms. The lowest BCUT2D eigenvalue weighted by atomic mass is 10.2. The fourth-order valence-electron chi connectivity index (χ4n) is 2.57. The first-order chi connectivity index (χ1) is 12.7. The van der Waals surface area contributed by atoms with Gasteiger partial charge in [0.25, 0.3) is 0 Å². The second-order valence-corrected chi connectivity index (χ2v) is 6.41. The lowest BCUT2D eigenvalue weighted by Gasteiger charge is -2.34. The molecule has 0 fully saturated rings. The van der Waals surface area contributed by atoms with Gasteiger partial charge in [-0.1, -0.05) is 48.0 Å². The van der Waals surface area contributed by atoms with E-state index in [1.165, 1.54) is 0 Å². The van der Waals surface area contributed by atoms with Gasteiger partial charge < -0.3 is 0 Å². The molecule has 0 amide bonds. The van der Waals surface area contributed by atoms with Crippen LogP contribution < -0.4 is 15.4 Å². The summed E-state index contributed by atoms with van der Waals surface area (Å²) in [6.45, 7) is 0. The maximum atomic E-state index is 6.01. The monoisotopic (exact) mass is 377 g/mol. The van der Waals surface area contributed by atoms with E-state index in [0.717, 1.165) is 16.9 Å². The van der Waals surface area contributed by atoms with Crippen LogP contribution in [0.5, 0.6) is 0 Å². The highest BCUT2D eigenvalue weighted by atomic mass is 35.5. The fraction of sp³-hybridized carbons (Fsp3) is 0.